The van der Waals surface area contributed by atoms with E-state index in [1.165, 1.54) is 31.4 Å². The third kappa shape index (κ3) is 4.46. The Hall–Kier alpha value is -2.78. The van der Waals surface area contributed by atoms with Crippen LogP contribution in [0.25, 0.3) is 0 Å². The fourth-order valence-corrected chi connectivity index (χ4v) is 3.25. The molecular formula is C21H22O8. The molecule has 0 spiro atoms. The minimum Gasteiger partial charge on any atom is -0.452 e. The topological polar surface area (TPSA) is 123 Å². The van der Waals surface area contributed by atoms with Crippen molar-refractivity contribution in [3.63, 3.8) is 0 Å². The Bertz CT molecular complexity index is 825. The van der Waals surface area contributed by atoms with E-state index in [4.69, 9.17) is 14.2 Å². The quantitative estimate of drug-likeness (QED) is 0.620. The minimum atomic E-state index is -1.65. The number of carbonyl (C=O) groups excluding carboxylic acids is 2. The van der Waals surface area contributed by atoms with Crippen LogP contribution in [-0.2, 0) is 14.2 Å². The number of rotatable bonds is 5. The molecule has 0 radical (unpaired) electrons. The molecule has 0 aromatic heterocycles. The van der Waals surface area contributed by atoms with Gasteiger partial charge in [-0.15, -0.1) is 0 Å². The monoisotopic (exact) mass is 402 g/mol. The summed E-state index contributed by atoms with van der Waals surface area (Å²) < 4.78 is 15.8. The Labute approximate surface area is 167 Å². The molecule has 2 aromatic rings. The van der Waals surface area contributed by atoms with Crippen LogP contribution in [0.5, 0.6) is 0 Å². The maximum Gasteiger partial charge on any atom is 0.338 e. The SMILES string of the molecule is CO[C@@H]1[C@@H](O)[C@@H](O)[C@H](OC(=O)c2ccccc2)[C@H](OC(=O)c2ccccc2)[C@H]1O. The van der Waals surface area contributed by atoms with Gasteiger partial charge in [0, 0.05) is 7.11 Å². The molecule has 6 atom stereocenters. The maximum absolute atomic E-state index is 12.5. The van der Waals surface area contributed by atoms with Gasteiger partial charge in [0.1, 0.15) is 24.4 Å². The maximum atomic E-state index is 12.5. The van der Waals surface area contributed by atoms with Crippen LogP contribution < -0.4 is 0 Å². The molecule has 3 rings (SSSR count). The Kier molecular flexibility index (Phi) is 6.60. The van der Waals surface area contributed by atoms with Crippen LogP contribution in [-0.4, -0.2) is 71.0 Å². The summed E-state index contributed by atoms with van der Waals surface area (Å²) >= 11 is 0. The predicted octanol–water partition coefficient (Wildman–Crippen LogP) is 0.549. The third-order valence-corrected chi connectivity index (χ3v) is 4.80. The van der Waals surface area contributed by atoms with Crippen molar-refractivity contribution in [3.05, 3.63) is 71.8 Å². The third-order valence-electron chi connectivity index (χ3n) is 4.80. The Morgan fingerprint density at radius 3 is 1.45 bits per heavy atom. The molecule has 1 fully saturated rings. The van der Waals surface area contributed by atoms with Crippen molar-refractivity contribution in [3.8, 4) is 0 Å². The Morgan fingerprint density at radius 2 is 1.03 bits per heavy atom. The van der Waals surface area contributed by atoms with Crippen molar-refractivity contribution in [1.29, 1.82) is 0 Å². The summed E-state index contributed by atoms with van der Waals surface area (Å²) in [5.74, 6) is -1.58. The van der Waals surface area contributed by atoms with Gasteiger partial charge in [-0.05, 0) is 24.3 Å². The van der Waals surface area contributed by atoms with Gasteiger partial charge in [-0.3, -0.25) is 0 Å². The molecule has 3 N–H and O–H groups in total. The zero-order valence-corrected chi connectivity index (χ0v) is 15.6. The summed E-state index contributed by atoms with van der Waals surface area (Å²) in [6.45, 7) is 0. The van der Waals surface area contributed by atoms with Crippen molar-refractivity contribution in [1.82, 2.24) is 0 Å². The summed E-state index contributed by atoms with van der Waals surface area (Å²) in [4.78, 5) is 24.9. The van der Waals surface area contributed by atoms with Gasteiger partial charge in [0.05, 0.1) is 11.1 Å². The summed E-state index contributed by atoms with van der Waals surface area (Å²) in [5, 5.41) is 31.4. The zero-order valence-electron chi connectivity index (χ0n) is 15.6. The fourth-order valence-electron chi connectivity index (χ4n) is 3.25. The lowest BCUT2D eigenvalue weighted by Gasteiger charge is -2.43. The van der Waals surface area contributed by atoms with Gasteiger partial charge in [-0.1, -0.05) is 36.4 Å². The molecule has 1 aliphatic rings. The Balaban J connectivity index is 1.86. The Morgan fingerprint density at radius 1 is 0.655 bits per heavy atom. The first-order valence-electron chi connectivity index (χ1n) is 9.03. The molecule has 2 aromatic carbocycles. The van der Waals surface area contributed by atoms with Crippen LogP contribution >= 0.6 is 0 Å². The van der Waals surface area contributed by atoms with Crippen molar-refractivity contribution in [2.24, 2.45) is 0 Å². The van der Waals surface area contributed by atoms with Crippen molar-refractivity contribution in [2.45, 2.75) is 36.6 Å². The lowest BCUT2D eigenvalue weighted by molar-refractivity contribution is -0.229. The molecule has 0 aliphatic heterocycles. The van der Waals surface area contributed by atoms with Crippen molar-refractivity contribution in [2.75, 3.05) is 7.11 Å². The molecule has 0 unspecified atom stereocenters. The van der Waals surface area contributed by atoms with E-state index in [1.54, 1.807) is 36.4 Å². The van der Waals surface area contributed by atoms with E-state index in [1.807, 2.05) is 0 Å². The first-order chi connectivity index (χ1) is 13.9. The lowest BCUT2D eigenvalue weighted by atomic mass is 9.84. The van der Waals surface area contributed by atoms with Gasteiger partial charge in [0.15, 0.2) is 12.2 Å². The first-order valence-corrected chi connectivity index (χ1v) is 9.03. The van der Waals surface area contributed by atoms with Crippen LogP contribution in [0.15, 0.2) is 60.7 Å². The molecule has 0 saturated heterocycles. The van der Waals surface area contributed by atoms with Gasteiger partial charge in [0.2, 0.25) is 0 Å². The lowest BCUT2D eigenvalue weighted by Crippen LogP contribution is -2.66. The van der Waals surface area contributed by atoms with Gasteiger partial charge in [0.25, 0.3) is 0 Å². The van der Waals surface area contributed by atoms with E-state index in [0.717, 1.165) is 0 Å². The second-order valence-electron chi connectivity index (χ2n) is 6.64. The van der Waals surface area contributed by atoms with Crippen molar-refractivity contribution < 1.29 is 39.1 Å². The molecule has 0 bridgehead atoms. The summed E-state index contributed by atoms with van der Waals surface area (Å²) in [7, 11) is 1.23. The second kappa shape index (κ2) is 9.15. The largest absolute Gasteiger partial charge is 0.452 e. The number of ether oxygens (including phenoxy) is 3. The van der Waals surface area contributed by atoms with E-state index in [-0.39, 0.29) is 11.1 Å². The highest BCUT2D eigenvalue weighted by Crippen LogP contribution is 2.29. The molecule has 0 amide bonds. The number of hydrogen-bond acceptors (Lipinski definition) is 8. The molecular weight excluding hydrogens is 380 g/mol. The first kappa shape index (κ1) is 20.9. The normalized spacial score (nSPS) is 29.1. The highest BCUT2D eigenvalue weighted by atomic mass is 16.6. The number of hydrogen-bond donors (Lipinski definition) is 3. The average molecular weight is 402 g/mol. The fraction of sp³-hybridized carbons (Fsp3) is 0.333. The average Bonchev–Trinajstić information content (AvgIpc) is 2.76. The van der Waals surface area contributed by atoms with Gasteiger partial charge >= 0.3 is 11.9 Å². The van der Waals surface area contributed by atoms with Gasteiger partial charge in [-0.2, -0.15) is 0 Å². The summed E-state index contributed by atoms with van der Waals surface area (Å²) in [6.07, 6.45) is -8.96. The molecule has 1 aliphatic carbocycles. The van der Waals surface area contributed by atoms with E-state index in [2.05, 4.69) is 0 Å². The van der Waals surface area contributed by atoms with Crippen molar-refractivity contribution >= 4 is 11.9 Å². The molecule has 8 nitrogen and oxygen atoms in total. The van der Waals surface area contributed by atoms with E-state index in [9.17, 15) is 24.9 Å². The van der Waals surface area contributed by atoms with Crippen LogP contribution in [0.1, 0.15) is 20.7 Å². The number of benzene rings is 2. The molecule has 29 heavy (non-hydrogen) atoms. The zero-order chi connectivity index (χ0) is 21.0. The smallest absolute Gasteiger partial charge is 0.338 e. The summed E-state index contributed by atoms with van der Waals surface area (Å²) in [5.41, 5.74) is 0.410. The van der Waals surface area contributed by atoms with Crippen LogP contribution in [0, 0.1) is 0 Å². The van der Waals surface area contributed by atoms with Crippen LogP contribution in [0.2, 0.25) is 0 Å². The molecule has 1 saturated carbocycles. The number of carbonyl (C=O) groups is 2. The number of methoxy groups -OCH3 is 1. The molecule has 8 heteroatoms. The number of esters is 2. The summed E-state index contributed by atoms with van der Waals surface area (Å²) in [6, 6.07) is 16.0. The van der Waals surface area contributed by atoms with Gasteiger partial charge < -0.3 is 29.5 Å². The highest BCUT2D eigenvalue weighted by molar-refractivity contribution is 5.90. The van der Waals surface area contributed by atoms with Gasteiger partial charge in [-0.25, -0.2) is 9.59 Å². The highest BCUT2D eigenvalue weighted by Gasteiger charge is 2.53. The molecule has 154 valence electrons. The number of aliphatic hydroxyl groups is 3. The second-order valence-corrected chi connectivity index (χ2v) is 6.64. The van der Waals surface area contributed by atoms with Crippen LogP contribution in [0.4, 0.5) is 0 Å². The molecule has 0 heterocycles. The van der Waals surface area contributed by atoms with E-state index >= 15 is 0 Å². The van der Waals surface area contributed by atoms with E-state index in [0.29, 0.717) is 0 Å². The van der Waals surface area contributed by atoms with E-state index < -0.39 is 48.6 Å². The number of aliphatic hydroxyl groups excluding tert-OH is 3. The van der Waals surface area contributed by atoms with Crippen LogP contribution in [0.3, 0.4) is 0 Å². The standard InChI is InChI=1S/C21H22O8/c1-27-17-14(22)15(23)18(28-20(25)12-8-4-2-5-9-12)19(16(17)24)29-21(26)13-10-6-3-7-11-13/h2-11,14-19,22-24H,1H3/t14-,15+,16-,17+,18-,19+/m0/s1. The predicted molar refractivity (Wildman–Crippen MR) is 100 cm³/mol. The minimum absolute atomic E-state index is 0.200.